The second kappa shape index (κ2) is 12.4. The molecule has 0 aromatic heterocycles. The summed E-state index contributed by atoms with van der Waals surface area (Å²) in [5.41, 5.74) is 3.85. The molecule has 1 saturated carbocycles. The lowest BCUT2D eigenvalue weighted by Gasteiger charge is -2.47. The number of halogens is 1. The van der Waals surface area contributed by atoms with Crippen molar-refractivity contribution in [2.45, 2.75) is 82.2 Å². The maximum Gasteiger partial charge on any atom is 0.262 e. The van der Waals surface area contributed by atoms with Crippen LogP contribution in [0.15, 0.2) is 36.4 Å². The summed E-state index contributed by atoms with van der Waals surface area (Å²) in [6, 6.07) is 12.0. The second-order valence-electron chi connectivity index (χ2n) is 14.3. The van der Waals surface area contributed by atoms with Crippen LogP contribution in [-0.4, -0.2) is 60.4 Å². The highest BCUT2D eigenvalue weighted by molar-refractivity contribution is 7.99. The minimum Gasteiger partial charge on any atom is -0.490 e. The molecule has 7 rings (SSSR count). The molecule has 1 amide bonds. The largest absolute Gasteiger partial charge is 0.490 e. The molecule has 0 radical (unpaired) electrons. The van der Waals surface area contributed by atoms with E-state index in [1.165, 1.54) is 17.5 Å². The van der Waals surface area contributed by atoms with E-state index in [9.17, 15) is 9.00 Å². The van der Waals surface area contributed by atoms with Gasteiger partial charge in [-0.1, -0.05) is 31.0 Å². The second-order valence-corrected chi connectivity index (χ2v) is 17.2. The summed E-state index contributed by atoms with van der Waals surface area (Å²) in [6.45, 7) is 7.62. The number of anilines is 1. The zero-order valence-corrected chi connectivity index (χ0v) is 28.2. The summed E-state index contributed by atoms with van der Waals surface area (Å²) in [6.07, 6.45) is 8.22. The number of hydrogen-bond donors (Lipinski definition) is 1. The van der Waals surface area contributed by atoms with Gasteiger partial charge in [0.15, 0.2) is 6.29 Å². The van der Waals surface area contributed by atoms with Gasteiger partial charge in [0, 0.05) is 40.3 Å². The lowest BCUT2D eigenvalue weighted by molar-refractivity contribution is -0.123. The van der Waals surface area contributed by atoms with Gasteiger partial charge in [0.25, 0.3) is 5.91 Å². The number of rotatable bonds is 1. The third-order valence-corrected chi connectivity index (χ3v) is 14.1. The fraction of sp³-hybridized carbons (Fsp3) is 0.611. The maximum absolute atomic E-state index is 13.8. The van der Waals surface area contributed by atoms with Crippen molar-refractivity contribution in [3.05, 3.63) is 58.1 Å². The van der Waals surface area contributed by atoms with Crippen molar-refractivity contribution in [2.75, 3.05) is 37.8 Å². The molecule has 7 nitrogen and oxygen atoms in total. The van der Waals surface area contributed by atoms with E-state index >= 15 is 0 Å². The van der Waals surface area contributed by atoms with Gasteiger partial charge in [0.05, 0.1) is 35.2 Å². The Hall–Kier alpha value is -2.26. The number of hydrogen-bond acceptors (Lipinski definition) is 6. The van der Waals surface area contributed by atoms with Gasteiger partial charge < -0.3 is 19.1 Å². The first-order chi connectivity index (χ1) is 21.6. The van der Waals surface area contributed by atoms with Gasteiger partial charge >= 0.3 is 0 Å². The monoisotopic (exact) mass is 654 g/mol. The van der Waals surface area contributed by atoms with Crippen LogP contribution in [0.1, 0.15) is 80.3 Å². The van der Waals surface area contributed by atoms with Crippen LogP contribution in [0.4, 0.5) is 5.69 Å². The third kappa shape index (κ3) is 6.01. The number of carbonyl (C=O) groups excluding carboxylic acids is 1. The summed E-state index contributed by atoms with van der Waals surface area (Å²) >= 11 is 6.46. The van der Waals surface area contributed by atoms with E-state index in [1.54, 1.807) is 6.07 Å². The maximum atomic E-state index is 13.8. The summed E-state index contributed by atoms with van der Waals surface area (Å²) in [5, 5.41) is 0.512. The molecule has 2 fully saturated rings. The number of amides is 1. The minimum absolute atomic E-state index is 0.145. The van der Waals surface area contributed by atoms with Gasteiger partial charge in [0.2, 0.25) is 0 Å². The van der Waals surface area contributed by atoms with E-state index in [0.29, 0.717) is 43.1 Å². The van der Waals surface area contributed by atoms with E-state index in [-0.39, 0.29) is 28.8 Å². The van der Waals surface area contributed by atoms with Crippen LogP contribution in [0.5, 0.6) is 5.75 Å². The van der Waals surface area contributed by atoms with Gasteiger partial charge in [-0.2, -0.15) is 0 Å². The highest BCUT2D eigenvalue weighted by Gasteiger charge is 2.46. The van der Waals surface area contributed by atoms with Crippen molar-refractivity contribution in [1.82, 2.24) is 4.72 Å². The van der Waals surface area contributed by atoms with Crippen LogP contribution >= 0.6 is 11.6 Å². The molecule has 244 valence electrons. The predicted octanol–water partition coefficient (Wildman–Crippen LogP) is 6.40. The molecule has 2 aromatic rings. The molecule has 1 saturated heterocycles. The van der Waals surface area contributed by atoms with Crippen LogP contribution in [0.3, 0.4) is 0 Å². The molecule has 5 aliphatic rings. The molecule has 45 heavy (non-hydrogen) atoms. The van der Waals surface area contributed by atoms with Gasteiger partial charge in [0.1, 0.15) is 5.75 Å². The number of nitrogens with one attached hydrogen (secondary N) is 1. The smallest absolute Gasteiger partial charge is 0.262 e. The highest BCUT2D eigenvalue weighted by atomic mass is 35.5. The molecule has 1 spiro atoms. The van der Waals surface area contributed by atoms with E-state index < -0.39 is 9.71 Å². The highest BCUT2D eigenvalue weighted by Crippen LogP contribution is 2.49. The van der Waals surface area contributed by atoms with Crippen molar-refractivity contribution in [3.63, 3.8) is 0 Å². The number of fused-ring (bicyclic) bond motifs is 4. The molecular weight excluding hydrogens is 608 g/mol. The molecule has 3 heterocycles. The van der Waals surface area contributed by atoms with Gasteiger partial charge in [-0.05, 0) is 117 Å². The SMILES string of the molecule is C=S1(=O)NC(=O)c2ccc3c(c2)N(C[C@@H]2CC[C@H]2[C@H](C2OCCO2)CCC[C@H](C)[C@H]1C)C[C@@]1(CCCc2cc(Cl)ccc21)CO3. The Morgan fingerprint density at radius 2 is 1.84 bits per heavy atom. The standard InChI is InChI=1S/C36H47ClN2O5S/c1-23-6-4-8-30(35-42-16-17-43-35)29-12-9-27(29)20-39-21-36(15-5-7-25-18-28(37)11-13-31(25)36)22-44-33-14-10-26(19-32(33)39)34(40)38-45(3,41)24(23)2/h10-11,13-14,18-19,23-24,27,29-30,35H,3-9,12,15-17,20-22H2,1-2H3,(H,38,40,41)/t23-,24+,27-,29+,30+,36-,45?/m0/s1. The number of aryl methyl sites for hydroxylation is 1. The van der Waals surface area contributed by atoms with Crippen LogP contribution in [0.2, 0.25) is 5.02 Å². The number of ether oxygens (including phenoxy) is 3. The number of nitrogens with zero attached hydrogens (tertiary/aromatic N) is 1. The molecule has 9 heteroatoms. The van der Waals surface area contributed by atoms with E-state index in [0.717, 1.165) is 74.5 Å². The van der Waals surface area contributed by atoms with E-state index in [1.807, 2.05) is 25.1 Å². The Labute approximate surface area is 273 Å². The van der Waals surface area contributed by atoms with Crippen LogP contribution in [0, 0.1) is 23.7 Å². The van der Waals surface area contributed by atoms with Crippen LogP contribution < -0.4 is 14.4 Å². The Morgan fingerprint density at radius 1 is 1.02 bits per heavy atom. The lowest BCUT2D eigenvalue weighted by atomic mass is 9.64. The van der Waals surface area contributed by atoms with Crippen molar-refractivity contribution in [2.24, 2.45) is 23.7 Å². The summed E-state index contributed by atoms with van der Waals surface area (Å²) < 4.78 is 35.6. The van der Waals surface area contributed by atoms with Crippen LogP contribution in [0.25, 0.3) is 0 Å². The summed E-state index contributed by atoms with van der Waals surface area (Å²) in [7, 11) is -2.88. The quantitative estimate of drug-likeness (QED) is 0.359. The van der Waals surface area contributed by atoms with E-state index in [4.69, 9.17) is 25.8 Å². The third-order valence-electron chi connectivity index (χ3n) is 11.6. The van der Waals surface area contributed by atoms with Crippen molar-refractivity contribution < 1.29 is 23.2 Å². The first-order valence-electron chi connectivity index (χ1n) is 16.9. The Morgan fingerprint density at radius 3 is 2.62 bits per heavy atom. The first-order valence-corrected chi connectivity index (χ1v) is 19.0. The van der Waals surface area contributed by atoms with Crippen molar-refractivity contribution in [3.8, 4) is 5.75 Å². The Balaban J connectivity index is 1.29. The molecule has 1 N–H and O–H groups in total. The minimum atomic E-state index is -2.88. The summed E-state index contributed by atoms with van der Waals surface area (Å²) in [5.74, 6) is 5.93. The molecule has 3 aliphatic heterocycles. The fourth-order valence-electron chi connectivity index (χ4n) is 8.69. The zero-order valence-electron chi connectivity index (χ0n) is 26.6. The normalized spacial score (nSPS) is 35.8. The topological polar surface area (TPSA) is 77.1 Å². The Kier molecular flexibility index (Phi) is 8.64. The Bertz CT molecular complexity index is 1540. The van der Waals surface area contributed by atoms with Gasteiger partial charge in [-0.25, -0.2) is 4.21 Å². The molecule has 2 aromatic carbocycles. The van der Waals surface area contributed by atoms with Gasteiger partial charge in [-0.3, -0.25) is 9.52 Å². The van der Waals surface area contributed by atoms with Crippen molar-refractivity contribution >= 4 is 38.8 Å². The average Bonchev–Trinajstić information content (AvgIpc) is 3.50. The van der Waals surface area contributed by atoms with Crippen molar-refractivity contribution in [1.29, 1.82) is 0 Å². The average molecular weight is 655 g/mol. The molecule has 1 unspecified atom stereocenters. The van der Waals surface area contributed by atoms with Gasteiger partial charge in [-0.15, -0.1) is 0 Å². The zero-order chi connectivity index (χ0) is 31.3. The van der Waals surface area contributed by atoms with E-state index in [2.05, 4.69) is 34.5 Å². The molecule has 7 atom stereocenters. The predicted molar refractivity (Wildman–Crippen MR) is 181 cm³/mol. The molecule has 2 aliphatic carbocycles. The first kappa shape index (κ1) is 31.3. The lowest BCUT2D eigenvalue weighted by Crippen LogP contribution is -2.50. The summed E-state index contributed by atoms with van der Waals surface area (Å²) in [4.78, 5) is 16.1. The molecule has 2 bridgehead atoms. The van der Waals surface area contributed by atoms with Crippen LogP contribution in [-0.2, 0) is 31.0 Å². The number of carbonyl (C=O) groups is 1. The molecular formula is C36H47ClN2O5S. The number of benzene rings is 2. The fourth-order valence-corrected chi connectivity index (χ4v) is 10.4.